The van der Waals surface area contributed by atoms with Crippen molar-refractivity contribution in [2.75, 3.05) is 24.6 Å². The van der Waals surface area contributed by atoms with Gasteiger partial charge in [-0.1, -0.05) is 10.3 Å². The number of aliphatic imine (C=N–C) groups is 1. The number of anilines is 1. The molecule has 1 amide bonds. The number of carbonyl (C=O) groups is 4. The molecule has 2 atom stereocenters. The third kappa shape index (κ3) is 6.56. The van der Waals surface area contributed by atoms with Gasteiger partial charge in [-0.15, -0.1) is 23.1 Å². The fraction of sp³-hybridized carbons (Fsp3) is 0.344. The van der Waals surface area contributed by atoms with E-state index in [-0.39, 0.29) is 35.2 Å². The number of amides is 1. The van der Waals surface area contributed by atoms with E-state index >= 15 is 0 Å². The summed E-state index contributed by atoms with van der Waals surface area (Å²) in [4.78, 5) is 65.9. The Labute approximate surface area is 297 Å². The minimum atomic E-state index is -1.75. The van der Waals surface area contributed by atoms with Crippen LogP contribution in [0, 0.1) is 5.92 Å². The second-order valence-electron chi connectivity index (χ2n) is 12.6. The lowest BCUT2D eigenvalue weighted by Crippen LogP contribution is -2.62. The lowest BCUT2D eigenvalue weighted by atomic mass is 9.89. The Kier molecular flexibility index (Phi) is 8.84. The van der Waals surface area contributed by atoms with Crippen molar-refractivity contribution in [2.24, 2.45) is 16.1 Å². The SMILES string of the molecule is CC(C)(O/N=C(\C(=O)C[C@@H]1C(=O)N2C(C(=O)O)=C(C[n+]3ccc4c(ccn4Cc4cc(C5=NCCN5)no4)c3)CS[C@H]12)c1csc(N)n1)C(=O)O. The number of fused-ring (bicyclic) bond motifs is 2. The van der Waals surface area contributed by atoms with Gasteiger partial charge in [-0.25, -0.2) is 19.1 Å². The normalized spacial score (nSPS) is 19.1. The van der Waals surface area contributed by atoms with Crippen LogP contribution in [0.15, 0.2) is 68.1 Å². The van der Waals surface area contributed by atoms with Crippen LogP contribution in [-0.2, 0) is 37.1 Å². The highest BCUT2D eigenvalue weighted by molar-refractivity contribution is 8.00. The monoisotopic (exact) mass is 734 g/mol. The quantitative estimate of drug-likeness (QED) is 0.0661. The molecule has 0 spiro atoms. The van der Waals surface area contributed by atoms with Gasteiger partial charge < -0.3 is 35.2 Å². The number of hydrogen-bond acceptors (Lipinski definition) is 14. The summed E-state index contributed by atoms with van der Waals surface area (Å²) in [6, 6.07) is 5.75. The molecule has 0 aromatic carbocycles. The van der Waals surface area contributed by atoms with Crippen molar-refractivity contribution in [2.45, 2.75) is 44.3 Å². The first-order valence-electron chi connectivity index (χ1n) is 15.8. The molecule has 0 bridgehead atoms. The Morgan fingerprint density at radius 3 is 2.80 bits per heavy atom. The zero-order chi connectivity index (χ0) is 36.0. The smallest absolute Gasteiger partial charge is 0.352 e. The van der Waals surface area contributed by atoms with Crippen LogP contribution in [0.1, 0.15) is 37.4 Å². The van der Waals surface area contributed by atoms with Gasteiger partial charge in [-0.2, -0.15) is 0 Å². The number of thioether (sulfide) groups is 1. The average molecular weight is 735 g/mol. The third-order valence-corrected chi connectivity index (χ3v) is 10.7. The third-order valence-electron chi connectivity index (χ3n) is 8.62. The molecule has 3 aliphatic rings. The van der Waals surface area contributed by atoms with Crippen LogP contribution in [0.5, 0.6) is 0 Å². The lowest BCUT2D eigenvalue weighted by molar-refractivity contribution is -0.687. The summed E-state index contributed by atoms with van der Waals surface area (Å²) in [5.41, 5.74) is 5.86. The number of nitrogen functional groups attached to an aromatic ring is 1. The Bertz CT molecular complexity index is 2180. The van der Waals surface area contributed by atoms with Crippen molar-refractivity contribution < 1.29 is 43.3 Å². The Balaban J connectivity index is 1.06. The maximum atomic E-state index is 13.5. The second-order valence-corrected chi connectivity index (χ2v) is 14.6. The number of ketones is 1. The number of amidine groups is 1. The number of carboxylic acids is 2. The number of rotatable bonds is 13. The fourth-order valence-corrected chi connectivity index (χ4v) is 7.91. The van der Waals surface area contributed by atoms with Crippen molar-refractivity contribution in [1.82, 2.24) is 24.9 Å². The number of nitrogens with one attached hydrogen (secondary N) is 1. The number of hydrogen-bond donors (Lipinski definition) is 4. The van der Waals surface area contributed by atoms with Gasteiger partial charge in [0.2, 0.25) is 11.5 Å². The van der Waals surface area contributed by atoms with Crippen LogP contribution >= 0.6 is 23.1 Å². The summed E-state index contributed by atoms with van der Waals surface area (Å²) in [6.45, 7) is 4.71. The standard InChI is InChI=1S/C32H31N9O8S2/c1-32(2,30(46)47)49-38-24(21-15-51-31(33)36-21)23(42)10-19-27(43)41-25(29(44)45)17(14-50-28(19)41)12-39-7-4-22-16(11-39)3-8-40(22)13-18-9-20(37-48-18)26-34-5-6-35-26/h3-4,7-9,11,15,19,28H,5-6,10,12-14H2,1-2H3,(H4-,33,34,35,36,44,45,46,47)/p+1/b38-24-/t19-,28-/m1/s1. The zero-order valence-corrected chi connectivity index (χ0v) is 28.9. The van der Waals surface area contributed by atoms with Gasteiger partial charge in [0, 0.05) is 48.0 Å². The molecule has 7 heterocycles. The van der Waals surface area contributed by atoms with Gasteiger partial charge in [0.1, 0.15) is 17.1 Å². The summed E-state index contributed by atoms with van der Waals surface area (Å²) in [6.07, 6.45) is 5.39. The predicted molar refractivity (Wildman–Crippen MR) is 184 cm³/mol. The minimum Gasteiger partial charge on any atom is -0.478 e. The number of thiazole rings is 1. The van der Waals surface area contributed by atoms with Gasteiger partial charge in [-0.3, -0.25) is 19.5 Å². The number of nitrogens with two attached hydrogens (primary N) is 1. The number of pyridine rings is 1. The highest BCUT2D eigenvalue weighted by atomic mass is 32.2. The molecule has 7 rings (SSSR count). The molecule has 5 N–H and O–H groups in total. The van der Waals surface area contributed by atoms with E-state index in [2.05, 4.69) is 25.6 Å². The molecular formula is C32H32N9O8S2+. The summed E-state index contributed by atoms with van der Waals surface area (Å²) in [5, 5.41) is 32.7. The number of oxime groups is 1. The number of carbonyl (C=O) groups excluding carboxylic acids is 2. The summed E-state index contributed by atoms with van der Waals surface area (Å²) >= 11 is 2.43. The van der Waals surface area contributed by atoms with E-state index in [1.54, 1.807) is 0 Å². The highest BCUT2D eigenvalue weighted by Crippen LogP contribution is 2.45. The van der Waals surface area contributed by atoms with Gasteiger partial charge >= 0.3 is 11.9 Å². The first-order chi connectivity index (χ1) is 24.4. The van der Waals surface area contributed by atoms with Crippen molar-refractivity contribution in [3.63, 3.8) is 0 Å². The number of aromatic nitrogens is 4. The Morgan fingerprint density at radius 1 is 1.27 bits per heavy atom. The number of carboxylic acid groups (broad SMARTS) is 2. The van der Waals surface area contributed by atoms with Crippen LogP contribution in [0.3, 0.4) is 0 Å². The summed E-state index contributed by atoms with van der Waals surface area (Å²) in [7, 11) is 0. The van der Waals surface area contributed by atoms with Gasteiger partial charge in [0.15, 0.2) is 47.2 Å². The van der Waals surface area contributed by atoms with E-state index in [1.807, 2.05) is 45.9 Å². The molecular weight excluding hydrogens is 703 g/mol. The maximum absolute atomic E-state index is 13.5. The van der Waals surface area contributed by atoms with E-state index in [1.165, 1.54) is 35.9 Å². The largest absolute Gasteiger partial charge is 0.478 e. The number of aliphatic carboxylic acids is 2. The molecule has 19 heteroatoms. The topological polar surface area (TPSA) is 232 Å². The Morgan fingerprint density at radius 2 is 2.10 bits per heavy atom. The Hall–Kier alpha value is -5.56. The van der Waals surface area contributed by atoms with Crippen LogP contribution in [0.25, 0.3) is 10.9 Å². The number of nitrogens with zero attached hydrogens (tertiary/aromatic N) is 7. The van der Waals surface area contributed by atoms with Crippen LogP contribution < -0.4 is 15.6 Å². The minimum absolute atomic E-state index is 0.0840. The van der Waals surface area contributed by atoms with Crippen LogP contribution in [0.4, 0.5) is 5.13 Å². The first kappa shape index (κ1) is 33.9. The van der Waals surface area contributed by atoms with Crippen molar-refractivity contribution >= 4 is 74.3 Å². The molecule has 3 aliphatic heterocycles. The van der Waals surface area contributed by atoms with Crippen molar-refractivity contribution in [3.05, 3.63) is 70.6 Å². The zero-order valence-electron chi connectivity index (χ0n) is 27.3. The molecule has 0 radical (unpaired) electrons. The van der Waals surface area contributed by atoms with Crippen LogP contribution in [0.2, 0.25) is 0 Å². The molecule has 1 fully saturated rings. The molecule has 4 aromatic rings. The molecule has 51 heavy (non-hydrogen) atoms. The van der Waals surface area contributed by atoms with Gasteiger partial charge in [-0.05, 0) is 19.9 Å². The molecule has 0 unspecified atom stereocenters. The molecule has 264 valence electrons. The second kappa shape index (κ2) is 13.3. The molecule has 4 aromatic heterocycles. The molecule has 0 saturated carbocycles. The predicted octanol–water partition coefficient (Wildman–Crippen LogP) is 1.47. The van der Waals surface area contributed by atoms with Crippen molar-refractivity contribution in [1.29, 1.82) is 0 Å². The number of β-lactam (4-membered cyclic amide) rings is 1. The van der Waals surface area contributed by atoms with E-state index in [4.69, 9.17) is 15.1 Å². The maximum Gasteiger partial charge on any atom is 0.352 e. The van der Waals surface area contributed by atoms with Crippen LogP contribution in [-0.4, -0.2) is 94.8 Å². The van der Waals surface area contributed by atoms with E-state index in [9.17, 15) is 29.4 Å². The van der Waals surface area contributed by atoms with E-state index in [0.717, 1.165) is 34.6 Å². The fourth-order valence-electron chi connectivity index (χ4n) is 5.96. The molecule has 17 nitrogen and oxygen atoms in total. The summed E-state index contributed by atoms with van der Waals surface area (Å²) in [5.74, 6) is -2.79. The highest BCUT2D eigenvalue weighted by Gasteiger charge is 2.54. The number of Topliss-reactive ketones (excluding diaryl/α,β-unsaturated/α-hetero) is 1. The first-order valence-corrected chi connectivity index (χ1v) is 17.7. The average Bonchev–Trinajstić information content (AvgIpc) is 3.92. The molecule has 1 saturated heterocycles. The lowest BCUT2D eigenvalue weighted by Gasteiger charge is -2.49. The van der Waals surface area contributed by atoms with Gasteiger partial charge in [0.25, 0.3) is 0 Å². The molecule has 0 aliphatic carbocycles. The van der Waals surface area contributed by atoms with Gasteiger partial charge in [0.05, 0.1) is 35.3 Å². The summed E-state index contributed by atoms with van der Waals surface area (Å²) < 4.78 is 9.43. The van der Waals surface area contributed by atoms with Crippen molar-refractivity contribution in [3.8, 4) is 0 Å². The van der Waals surface area contributed by atoms with E-state index in [0.29, 0.717) is 35.9 Å². The van der Waals surface area contributed by atoms with E-state index < -0.39 is 40.5 Å².